The molecule has 7 nitrogen and oxygen atoms in total. The largest absolute Gasteiger partial charge is 0.381 e. The Hall–Kier alpha value is -2.15. The zero-order valence-electron chi connectivity index (χ0n) is 12.0. The second kappa shape index (κ2) is 6.09. The minimum absolute atomic E-state index is 0.0139. The van der Waals surface area contributed by atoms with Gasteiger partial charge in [0.05, 0.1) is 30.6 Å². The van der Waals surface area contributed by atoms with Crippen molar-refractivity contribution in [2.45, 2.75) is 31.8 Å². The Morgan fingerprint density at radius 3 is 3.29 bits per heavy atom. The minimum Gasteiger partial charge on any atom is -0.381 e. The first-order valence-electron chi connectivity index (χ1n) is 7.13. The highest BCUT2D eigenvalue weighted by molar-refractivity contribution is 5.95. The molecule has 2 aromatic heterocycles. The molecule has 1 aliphatic rings. The number of rotatable bonds is 5. The van der Waals surface area contributed by atoms with Gasteiger partial charge in [-0.25, -0.2) is 0 Å². The van der Waals surface area contributed by atoms with Crippen molar-refractivity contribution in [2.24, 2.45) is 0 Å². The molecule has 0 saturated carbocycles. The number of hydrogen-bond acceptors (Lipinski definition) is 4. The molecule has 2 atom stereocenters. The molecule has 0 aliphatic carbocycles. The number of H-pyrrole nitrogens is 1. The van der Waals surface area contributed by atoms with Crippen molar-refractivity contribution in [3.8, 4) is 0 Å². The number of ether oxygens (including phenoxy) is 1. The lowest BCUT2D eigenvalue weighted by Crippen LogP contribution is -2.36. The number of carbonyl (C=O) groups is 1. The van der Waals surface area contributed by atoms with E-state index in [1.807, 2.05) is 19.2 Å². The third kappa shape index (κ3) is 3.13. The molecule has 0 unspecified atom stereocenters. The molecule has 7 heteroatoms. The van der Waals surface area contributed by atoms with Gasteiger partial charge in [0.25, 0.3) is 5.91 Å². The molecular formula is C14H19N5O2. The molecule has 0 aromatic carbocycles. The van der Waals surface area contributed by atoms with Crippen LogP contribution in [0.4, 0.5) is 0 Å². The van der Waals surface area contributed by atoms with E-state index in [1.165, 1.54) is 0 Å². The Balaban J connectivity index is 1.64. The van der Waals surface area contributed by atoms with Gasteiger partial charge in [-0.2, -0.15) is 10.2 Å². The number of aromatic amines is 1. The molecule has 0 bridgehead atoms. The van der Waals surface area contributed by atoms with Crippen LogP contribution in [0.5, 0.6) is 0 Å². The molecule has 112 valence electrons. The van der Waals surface area contributed by atoms with Crippen molar-refractivity contribution in [1.82, 2.24) is 25.3 Å². The van der Waals surface area contributed by atoms with E-state index in [-0.39, 0.29) is 17.9 Å². The van der Waals surface area contributed by atoms with Crippen LogP contribution in [-0.2, 0) is 11.3 Å². The van der Waals surface area contributed by atoms with Crippen LogP contribution < -0.4 is 5.32 Å². The van der Waals surface area contributed by atoms with Gasteiger partial charge in [0.2, 0.25) is 0 Å². The molecule has 2 aromatic rings. The molecule has 1 saturated heterocycles. The van der Waals surface area contributed by atoms with E-state index in [9.17, 15) is 4.79 Å². The lowest BCUT2D eigenvalue weighted by atomic mass is 10.0. The third-order valence-electron chi connectivity index (χ3n) is 3.65. The zero-order chi connectivity index (χ0) is 14.7. The fraction of sp³-hybridized carbons (Fsp3) is 0.500. The number of amides is 1. The normalized spacial score (nSPS) is 19.6. The first kappa shape index (κ1) is 13.8. The summed E-state index contributed by atoms with van der Waals surface area (Å²) in [4.78, 5) is 12.4. The molecule has 0 radical (unpaired) electrons. The number of nitrogens with one attached hydrogen (secondary N) is 2. The minimum atomic E-state index is -0.106. The Morgan fingerprint density at radius 2 is 2.57 bits per heavy atom. The Kier molecular flexibility index (Phi) is 4.01. The van der Waals surface area contributed by atoms with E-state index in [1.54, 1.807) is 17.1 Å². The summed E-state index contributed by atoms with van der Waals surface area (Å²) >= 11 is 0. The van der Waals surface area contributed by atoms with Crippen LogP contribution in [0.25, 0.3) is 0 Å². The first-order valence-corrected chi connectivity index (χ1v) is 7.13. The summed E-state index contributed by atoms with van der Waals surface area (Å²) in [7, 11) is 0. The fourth-order valence-electron chi connectivity index (χ4n) is 2.59. The smallest absolute Gasteiger partial charge is 0.255 e. The van der Waals surface area contributed by atoms with Gasteiger partial charge >= 0.3 is 0 Å². The molecule has 1 fully saturated rings. The Morgan fingerprint density at radius 1 is 1.67 bits per heavy atom. The van der Waals surface area contributed by atoms with Crippen LogP contribution in [0.3, 0.4) is 0 Å². The van der Waals surface area contributed by atoms with E-state index in [4.69, 9.17) is 4.74 Å². The molecule has 1 amide bonds. The highest BCUT2D eigenvalue weighted by Gasteiger charge is 2.25. The highest BCUT2D eigenvalue weighted by atomic mass is 16.5. The molecule has 3 rings (SSSR count). The van der Waals surface area contributed by atoms with Gasteiger partial charge in [0, 0.05) is 31.0 Å². The lowest BCUT2D eigenvalue weighted by Gasteiger charge is -2.15. The first-order chi connectivity index (χ1) is 10.2. The van der Waals surface area contributed by atoms with Gasteiger partial charge < -0.3 is 10.1 Å². The van der Waals surface area contributed by atoms with Gasteiger partial charge in [0.1, 0.15) is 0 Å². The monoisotopic (exact) mass is 289 g/mol. The molecule has 21 heavy (non-hydrogen) atoms. The van der Waals surface area contributed by atoms with Crippen LogP contribution in [-0.4, -0.2) is 45.1 Å². The van der Waals surface area contributed by atoms with Crippen LogP contribution in [0.2, 0.25) is 0 Å². The van der Waals surface area contributed by atoms with Crippen LogP contribution in [0.1, 0.15) is 35.3 Å². The Bertz CT molecular complexity index is 586. The van der Waals surface area contributed by atoms with Crippen LogP contribution in [0, 0.1) is 0 Å². The van der Waals surface area contributed by atoms with Crippen molar-refractivity contribution >= 4 is 5.91 Å². The summed E-state index contributed by atoms with van der Waals surface area (Å²) < 4.78 is 7.17. The zero-order valence-corrected chi connectivity index (χ0v) is 12.0. The van der Waals surface area contributed by atoms with Gasteiger partial charge in [-0.1, -0.05) is 0 Å². The quantitative estimate of drug-likeness (QED) is 0.857. The second-order valence-electron chi connectivity index (χ2n) is 5.36. The number of hydrogen-bond donors (Lipinski definition) is 2. The van der Waals surface area contributed by atoms with Crippen molar-refractivity contribution in [3.63, 3.8) is 0 Å². The summed E-state index contributed by atoms with van der Waals surface area (Å²) in [5.74, 6) is 0.125. The maximum Gasteiger partial charge on any atom is 0.255 e. The standard InChI is InChI=1S/C14H19N5O2/c1-10(8-19-5-2-4-16-19)17-14(20)12-7-15-18-13(12)11-3-6-21-9-11/h2,4-5,7,10-11H,3,6,8-9H2,1H3,(H,15,18)(H,17,20)/t10-,11+/m0/s1. The lowest BCUT2D eigenvalue weighted by molar-refractivity contribution is 0.0934. The fourth-order valence-corrected chi connectivity index (χ4v) is 2.59. The van der Waals surface area contributed by atoms with Crippen molar-refractivity contribution in [1.29, 1.82) is 0 Å². The topological polar surface area (TPSA) is 84.8 Å². The van der Waals surface area contributed by atoms with Gasteiger partial charge in [0.15, 0.2) is 0 Å². The van der Waals surface area contributed by atoms with E-state index in [0.717, 1.165) is 18.7 Å². The number of carbonyl (C=O) groups excluding carboxylic acids is 1. The van der Waals surface area contributed by atoms with Gasteiger partial charge in [-0.15, -0.1) is 0 Å². The van der Waals surface area contributed by atoms with Gasteiger partial charge in [-0.05, 0) is 19.4 Å². The van der Waals surface area contributed by atoms with E-state index in [0.29, 0.717) is 18.7 Å². The van der Waals surface area contributed by atoms with Crippen molar-refractivity contribution in [2.75, 3.05) is 13.2 Å². The Labute approximate surface area is 122 Å². The van der Waals surface area contributed by atoms with E-state index in [2.05, 4.69) is 20.6 Å². The maximum atomic E-state index is 12.4. The number of nitrogens with zero attached hydrogens (tertiary/aromatic N) is 3. The van der Waals surface area contributed by atoms with Gasteiger partial charge in [-0.3, -0.25) is 14.6 Å². The SMILES string of the molecule is C[C@@H](Cn1cccn1)NC(=O)c1cn[nH]c1[C@@H]1CCOC1. The molecule has 0 spiro atoms. The molecular weight excluding hydrogens is 270 g/mol. The number of aromatic nitrogens is 4. The molecule has 2 N–H and O–H groups in total. The predicted octanol–water partition coefficient (Wildman–Crippen LogP) is 0.929. The van der Waals surface area contributed by atoms with Crippen LogP contribution >= 0.6 is 0 Å². The van der Waals surface area contributed by atoms with Crippen LogP contribution in [0.15, 0.2) is 24.7 Å². The molecule has 3 heterocycles. The van der Waals surface area contributed by atoms with E-state index >= 15 is 0 Å². The average Bonchev–Trinajstić information content (AvgIpc) is 3.20. The van der Waals surface area contributed by atoms with Crippen molar-refractivity contribution in [3.05, 3.63) is 35.9 Å². The summed E-state index contributed by atoms with van der Waals surface area (Å²) in [6.07, 6.45) is 6.11. The predicted molar refractivity (Wildman–Crippen MR) is 75.9 cm³/mol. The summed E-state index contributed by atoms with van der Waals surface area (Å²) in [6.45, 7) is 3.97. The summed E-state index contributed by atoms with van der Waals surface area (Å²) in [5, 5.41) is 14.1. The third-order valence-corrected chi connectivity index (χ3v) is 3.65. The summed E-state index contributed by atoms with van der Waals surface area (Å²) in [5.41, 5.74) is 1.48. The van der Waals surface area contributed by atoms with E-state index < -0.39 is 0 Å². The average molecular weight is 289 g/mol. The molecule has 1 aliphatic heterocycles. The summed E-state index contributed by atoms with van der Waals surface area (Å²) in [6, 6.07) is 1.85. The second-order valence-corrected chi connectivity index (χ2v) is 5.36. The maximum absolute atomic E-state index is 12.4. The van der Waals surface area contributed by atoms with Crippen molar-refractivity contribution < 1.29 is 9.53 Å². The highest BCUT2D eigenvalue weighted by Crippen LogP contribution is 2.26.